The van der Waals surface area contributed by atoms with Crippen molar-refractivity contribution in [1.82, 2.24) is 15.0 Å². The van der Waals surface area contributed by atoms with Gasteiger partial charge < -0.3 is 4.98 Å². The van der Waals surface area contributed by atoms with Gasteiger partial charge in [0.15, 0.2) is 15.7 Å². The van der Waals surface area contributed by atoms with Crippen molar-refractivity contribution in [2.24, 2.45) is 0 Å². The Bertz CT molecular complexity index is 995. The lowest BCUT2D eigenvalue weighted by Crippen LogP contribution is -2.43. The van der Waals surface area contributed by atoms with E-state index < -0.39 is 19.5 Å². The molecule has 0 aliphatic rings. The Hall–Kier alpha value is -1.49. The van der Waals surface area contributed by atoms with Gasteiger partial charge in [0.25, 0.3) is 5.56 Å². The van der Waals surface area contributed by atoms with Gasteiger partial charge in [0.1, 0.15) is 19.2 Å². The minimum absolute atomic E-state index is 0.0258. The molecule has 140 valence electrons. The van der Waals surface area contributed by atoms with E-state index in [9.17, 15) is 9.18 Å². The molecule has 8 heteroatoms. The molecule has 0 saturated carbocycles. The van der Waals surface area contributed by atoms with E-state index in [1.807, 2.05) is 0 Å². The molecule has 2 N–H and O–H groups in total. The second kappa shape index (κ2) is 7.63. The van der Waals surface area contributed by atoms with Gasteiger partial charge in [0, 0.05) is 0 Å². The van der Waals surface area contributed by atoms with E-state index >= 15 is 0 Å². The van der Waals surface area contributed by atoms with Crippen molar-refractivity contribution >= 4 is 42.8 Å². The zero-order valence-corrected chi connectivity index (χ0v) is 18.3. The van der Waals surface area contributed by atoms with Crippen molar-refractivity contribution in [2.45, 2.75) is 58.2 Å². The second-order valence-electron chi connectivity index (χ2n) is 7.37. The average molecular weight is 412 g/mol. The van der Waals surface area contributed by atoms with Crippen LogP contribution in [0, 0.1) is 22.1 Å². The number of H-pyrrole nitrogens is 2. The molecule has 0 aliphatic carbocycles. The summed E-state index contributed by atoms with van der Waals surface area (Å²) in [5.41, 5.74) is 4.33. The van der Waals surface area contributed by atoms with Crippen LogP contribution in [0.3, 0.4) is 0 Å². The lowest BCUT2D eigenvalue weighted by atomic mass is 10.2. The Balaban J connectivity index is 2.86. The van der Waals surface area contributed by atoms with E-state index in [1.54, 1.807) is 0 Å². The SMILES string of the molecule is CC(C)[Si](C#Cc1nc(Cl)c(F)c2[nH]c(=S)[nH]c(=O)c12)(C(C)C)C(C)C. The molecule has 0 radical (unpaired) electrons. The number of aromatic amines is 2. The normalized spacial score (nSPS) is 12.1. The average Bonchev–Trinajstić information content (AvgIpc) is 2.50. The number of halogens is 2. The Kier molecular flexibility index (Phi) is 6.11. The molecule has 0 atom stereocenters. The lowest BCUT2D eigenvalue weighted by Gasteiger charge is -2.38. The standard InChI is InChI=1S/C18H23ClFN3OSSi/c1-9(2)26(10(3)4,11(5)6)8-7-12-13-15(14(20)16(19)21-12)22-18(25)23-17(13)24/h9-11H,1-6H3,(H2,22,23,24,25). The molecule has 0 aromatic carbocycles. The minimum atomic E-state index is -2.04. The van der Waals surface area contributed by atoms with Gasteiger partial charge in [-0.2, -0.15) is 0 Å². The summed E-state index contributed by atoms with van der Waals surface area (Å²) in [4.78, 5) is 21.5. The van der Waals surface area contributed by atoms with Crippen LogP contribution in [0.15, 0.2) is 4.79 Å². The summed E-state index contributed by atoms with van der Waals surface area (Å²) in [6.07, 6.45) is 0. The Morgan fingerprint density at radius 2 is 1.65 bits per heavy atom. The molecule has 2 rings (SSSR count). The maximum Gasteiger partial charge on any atom is 0.262 e. The van der Waals surface area contributed by atoms with E-state index in [1.165, 1.54) is 0 Å². The summed E-state index contributed by atoms with van der Waals surface area (Å²) in [5.74, 6) is 2.28. The van der Waals surface area contributed by atoms with E-state index in [0.717, 1.165) is 0 Å². The highest BCUT2D eigenvalue weighted by Gasteiger charge is 2.41. The fraction of sp³-hybridized carbons (Fsp3) is 0.500. The summed E-state index contributed by atoms with van der Waals surface area (Å²) in [6, 6.07) is 0. The fourth-order valence-corrected chi connectivity index (χ4v) is 9.45. The van der Waals surface area contributed by atoms with Crippen molar-refractivity contribution in [3.63, 3.8) is 0 Å². The number of nitrogens with zero attached hydrogens (tertiary/aromatic N) is 1. The first kappa shape index (κ1) is 20.8. The molecule has 0 fully saturated rings. The van der Waals surface area contributed by atoms with Gasteiger partial charge in [0.05, 0.1) is 5.52 Å². The van der Waals surface area contributed by atoms with Crippen LogP contribution in [-0.2, 0) is 0 Å². The number of nitrogens with one attached hydrogen (secondary N) is 2. The minimum Gasteiger partial charge on any atom is -0.329 e. The van der Waals surface area contributed by atoms with Crippen LogP contribution in [0.5, 0.6) is 0 Å². The lowest BCUT2D eigenvalue weighted by molar-refractivity contribution is 0.630. The number of fused-ring (bicyclic) bond motifs is 1. The Morgan fingerprint density at radius 3 is 2.15 bits per heavy atom. The maximum atomic E-state index is 14.3. The van der Waals surface area contributed by atoms with E-state index in [-0.39, 0.29) is 26.5 Å². The topological polar surface area (TPSA) is 61.5 Å². The predicted octanol–water partition coefficient (Wildman–Crippen LogP) is 5.34. The highest BCUT2D eigenvalue weighted by molar-refractivity contribution is 7.71. The predicted molar refractivity (Wildman–Crippen MR) is 110 cm³/mol. The summed E-state index contributed by atoms with van der Waals surface area (Å²) in [5, 5.41) is -0.281. The third kappa shape index (κ3) is 3.50. The smallest absolute Gasteiger partial charge is 0.262 e. The highest BCUT2D eigenvalue weighted by atomic mass is 35.5. The molecular formula is C18H23ClFN3OSSi. The molecule has 0 aliphatic heterocycles. The fourth-order valence-electron chi connectivity index (χ4n) is 3.87. The van der Waals surface area contributed by atoms with Crippen LogP contribution in [0.4, 0.5) is 4.39 Å². The third-order valence-corrected chi connectivity index (χ3v) is 11.8. The van der Waals surface area contributed by atoms with Gasteiger partial charge in [-0.25, -0.2) is 9.37 Å². The maximum absolute atomic E-state index is 14.3. The van der Waals surface area contributed by atoms with Gasteiger partial charge >= 0.3 is 0 Å². The van der Waals surface area contributed by atoms with Gasteiger partial charge in [-0.05, 0) is 28.8 Å². The molecular weight excluding hydrogens is 389 g/mol. The van der Waals surface area contributed by atoms with Gasteiger partial charge in [-0.15, -0.1) is 5.54 Å². The summed E-state index contributed by atoms with van der Waals surface area (Å²) >= 11 is 10.9. The zero-order valence-electron chi connectivity index (χ0n) is 15.8. The molecule has 26 heavy (non-hydrogen) atoms. The molecule has 2 aromatic rings. The summed E-state index contributed by atoms with van der Waals surface area (Å²) in [7, 11) is -2.04. The molecule has 0 saturated heterocycles. The van der Waals surface area contributed by atoms with E-state index in [4.69, 9.17) is 23.8 Å². The van der Waals surface area contributed by atoms with Crippen LogP contribution in [0.25, 0.3) is 10.9 Å². The largest absolute Gasteiger partial charge is 0.329 e. The van der Waals surface area contributed by atoms with Crippen molar-refractivity contribution in [3.05, 3.63) is 31.8 Å². The highest BCUT2D eigenvalue weighted by Crippen LogP contribution is 2.40. The van der Waals surface area contributed by atoms with Crippen LogP contribution in [-0.4, -0.2) is 23.0 Å². The molecule has 0 unspecified atom stereocenters. The number of pyridine rings is 1. The van der Waals surface area contributed by atoms with Crippen LogP contribution in [0.1, 0.15) is 47.2 Å². The third-order valence-electron chi connectivity index (χ3n) is 5.05. The van der Waals surface area contributed by atoms with Crippen molar-refractivity contribution in [2.75, 3.05) is 0 Å². The summed E-state index contributed by atoms with van der Waals surface area (Å²) in [6.45, 7) is 13.1. The number of aromatic nitrogens is 3. The molecule has 0 bridgehead atoms. The molecule has 2 aromatic heterocycles. The second-order valence-corrected chi connectivity index (χ2v) is 13.7. The number of hydrogen-bond acceptors (Lipinski definition) is 3. The Labute approximate surface area is 163 Å². The molecule has 2 heterocycles. The first-order valence-electron chi connectivity index (χ1n) is 8.56. The van der Waals surface area contributed by atoms with Crippen molar-refractivity contribution in [1.29, 1.82) is 0 Å². The first-order chi connectivity index (χ1) is 12.0. The van der Waals surface area contributed by atoms with Gasteiger partial charge in [-0.3, -0.25) is 9.78 Å². The number of hydrogen-bond donors (Lipinski definition) is 2. The molecule has 0 amide bonds. The monoisotopic (exact) mass is 411 g/mol. The van der Waals surface area contributed by atoms with Crippen LogP contribution < -0.4 is 5.56 Å². The van der Waals surface area contributed by atoms with Gasteiger partial charge in [-0.1, -0.05) is 59.1 Å². The zero-order chi connectivity index (χ0) is 19.8. The van der Waals surface area contributed by atoms with Gasteiger partial charge in [0.2, 0.25) is 0 Å². The first-order valence-corrected chi connectivity index (χ1v) is 11.6. The molecule has 0 spiro atoms. The van der Waals surface area contributed by atoms with Crippen LogP contribution >= 0.6 is 23.8 Å². The van der Waals surface area contributed by atoms with Crippen molar-refractivity contribution < 1.29 is 4.39 Å². The van der Waals surface area contributed by atoms with Crippen LogP contribution in [0.2, 0.25) is 21.8 Å². The van der Waals surface area contributed by atoms with Crippen molar-refractivity contribution in [3.8, 4) is 11.5 Å². The number of rotatable bonds is 3. The van der Waals surface area contributed by atoms with E-state index in [0.29, 0.717) is 16.6 Å². The van der Waals surface area contributed by atoms with E-state index in [2.05, 4.69) is 68.0 Å². The summed E-state index contributed by atoms with van der Waals surface area (Å²) < 4.78 is 14.4. The quantitative estimate of drug-likeness (QED) is 0.310. The molecule has 4 nitrogen and oxygen atoms in total. The Morgan fingerprint density at radius 1 is 1.12 bits per heavy atom.